The summed E-state index contributed by atoms with van der Waals surface area (Å²) in [7, 11) is 1.38. The van der Waals surface area contributed by atoms with Gasteiger partial charge in [-0.3, -0.25) is 38.6 Å². The van der Waals surface area contributed by atoms with Crippen molar-refractivity contribution in [2.24, 2.45) is 28.1 Å². The molecule has 7 amide bonds. The van der Waals surface area contributed by atoms with Crippen molar-refractivity contribution in [2.45, 2.75) is 88.2 Å². The van der Waals surface area contributed by atoms with Crippen molar-refractivity contribution in [3.63, 3.8) is 0 Å². The summed E-state index contributed by atoms with van der Waals surface area (Å²) in [5.74, 6) is -6.73. The van der Waals surface area contributed by atoms with Gasteiger partial charge in [0.05, 0.1) is 25.9 Å². The monoisotopic (exact) mass is 887 g/mol. The molecule has 23 nitrogen and oxygen atoms in total. The minimum atomic E-state index is -1.75. The number of amides is 7. The summed E-state index contributed by atoms with van der Waals surface area (Å²) < 4.78 is 0. The number of hydrogen-bond donors (Lipinski definition) is 15. The highest BCUT2D eigenvalue weighted by molar-refractivity contribution is 5.97. The fraction of sp³-hybridized carbons (Fsp3) is 0.500. The van der Waals surface area contributed by atoms with Gasteiger partial charge in [-0.05, 0) is 60.6 Å². The van der Waals surface area contributed by atoms with Crippen LogP contribution in [0.2, 0.25) is 0 Å². The quantitative estimate of drug-likeness (QED) is 0.0239. The predicted octanol–water partition coefficient (Wildman–Crippen LogP) is -5.06. The molecular formula is C40H61N11O12. The zero-order valence-electron chi connectivity index (χ0n) is 35.4. The number of nitrogens with one attached hydrogen (secondary N) is 7. The van der Waals surface area contributed by atoms with Crippen molar-refractivity contribution in [3.05, 3.63) is 59.7 Å². The molecule has 0 aliphatic rings. The van der Waals surface area contributed by atoms with Crippen LogP contribution in [0, 0.1) is 5.92 Å². The second-order valence-electron chi connectivity index (χ2n) is 15.0. The summed E-state index contributed by atoms with van der Waals surface area (Å²) in [4.78, 5) is 96.9. The van der Waals surface area contributed by atoms with Gasteiger partial charge in [-0.2, -0.15) is 0 Å². The number of guanidine groups is 1. The standard InChI is InChI=1S/C40H61N11O12/c1-21(2)15-27(34(58)44-3)46-37(61)31(19-53)50-36(60)29(17-23-8-12-25(56)13-9-23)47-35(59)28(16-22-6-10-24(55)11-7-22)48-38(62)32(20-54)51-39(63)30(18-52)49-33(57)26(41)5-4-14-45-40(42)43/h6-13,21,26-32,52-56H,4-5,14-20,41H2,1-3H3,(H,44,58)(H,46,61)(H,47,59)(H,48,62)(H,49,57)(H,50,60)(H,51,63)(H4,42,43,45)/t26-,27-,28-,29-,30-,31-,32-/m1/s1. The third-order valence-electron chi connectivity index (χ3n) is 9.36. The summed E-state index contributed by atoms with van der Waals surface area (Å²) in [6, 6.07) is 1.00. The molecule has 2 aromatic rings. The van der Waals surface area contributed by atoms with E-state index in [1.165, 1.54) is 55.6 Å². The van der Waals surface area contributed by atoms with Gasteiger partial charge in [-0.15, -0.1) is 0 Å². The van der Waals surface area contributed by atoms with Crippen molar-refractivity contribution in [2.75, 3.05) is 33.4 Å². The number of rotatable bonds is 26. The number of nitrogens with zero attached hydrogens (tertiary/aromatic N) is 1. The lowest BCUT2D eigenvalue weighted by Crippen LogP contribution is -2.61. The molecule has 0 radical (unpaired) electrons. The normalized spacial score (nSPS) is 14.3. The van der Waals surface area contributed by atoms with Crippen LogP contribution in [0.25, 0.3) is 0 Å². The fourth-order valence-electron chi connectivity index (χ4n) is 5.90. The lowest BCUT2D eigenvalue weighted by molar-refractivity contribution is -0.136. The molecule has 0 aliphatic heterocycles. The van der Waals surface area contributed by atoms with Gasteiger partial charge in [0.15, 0.2) is 5.96 Å². The molecule has 0 aliphatic carbocycles. The number of carbonyl (C=O) groups excluding carboxylic acids is 7. The van der Waals surface area contributed by atoms with Crippen LogP contribution in [0.15, 0.2) is 53.5 Å². The van der Waals surface area contributed by atoms with Crippen LogP contribution in [-0.4, -0.2) is 149 Å². The lowest BCUT2D eigenvalue weighted by atomic mass is 10.0. The first-order valence-electron chi connectivity index (χ1n) is 20.0. The number of carbonyl (C=O) groups is 7. The third-order valence-corrected chi connectivity index (χ3v) is 9.36. The Bertz CT molecular complexity index is 1860. The van der Waals surface area contributed by atoms with Gasteiger partial charge in [0.25, 0.3) is 0 Å². The molecular weight excluding hydrogens is 827 g/mol. The predicted molar refractivity (Wildman–Crippen MR) is 228 cm³/mol. The molecule has 0 saturated heterocycles. The maximum absolute atomic E-state index is 14.1. The molecule has 0 saturated carbocycles. The lowest BCUT2D eigenvalue weighted by Gasteiger charge is -2.27. The van der Waals surface area contributed by atoms with Crippen LogP contribution in [0.4, 0.5) is 0 Å². The number of aliphatic hydroxyl groups is 3. The largest absolute Gasteiger partial charge is 0.508 e. The van der Waals surface area contributed by atoms with Crippen LogP contribution < -0.4 is 54.4 Å². The summed E-state index contributed by atoms with van der Waals surface area (Å²) in [5.41, 5.74) is 17.3. The smallest absolute Gasteiger partial charge is 0.245 e. The number of phenolic OH excluding ortho intramolecular Hbond substituents is 2. The van der Waals surface area contributed by atoms with E-state index in [0.29, 0.717) is 17.5 Å². The van der Waals surface area contributed by atoms with Crippen LogP contribution in [0.3, 0.4) is 0 Å². The number of nitrogens with two attached hydrogens (primary N) is 3. The van der Waals surface area contributed by atoms with Gasteiger partial charge in [0, 0.05) is 26.4 Å². The Morgan fingerprint density at radius 2 is 0.905 bits per heavy atom. The Morgan fingerprint density at radius 1 is 0.556 bits per heavy atom. The number of likely N-dealkylation sites (N-methyl/N-ethyl adjacent to an activating group) is 1. The van der Waals surface area contributed by atoms with Crippen molar-refractivity contribution in [3.8, 4) is 11.5 Å². The zero-order valence-corrected chi connectivity index (χ0v) is 35.4. The number of benzene rings is 2. The Morgan fingerprint density at radius 3 is 1.25 bits per heavy atom. The number of hydrogen-bond acceptors (Lipinski definition) is 14. The van der Waals surface area contributed by atoms with E-state index in [4.69, 9.17) is 17.2 Å². The van der Waals surface area contributed by atoms with E-state index >= 15 is 0 Å². The Kier molecular flexibility index (Phi) is 22.3. The summed E-state index contributed by atoms with van der Waals surface area (Å²) in [5, 5.41) is 66.7. The summed E-state index contributed by atoms with van der Waals surface area (Å²) >= 11 is 0. The van der Waals surface area contributed by atoms with Crippen LogP contribution in [0.1, 0.15) is 44.2 Å². The van der Waals surface area contributed by atoms with E-state index in [2.05, 4.69) is 42.2 Å². The topological polar surface area (TPSA) is 395 Å². The highest BCUT2D eigenvalue weighted by Crippen LogP contribution is 2.14. The SMILES string of the molecule is CNC(=O)[C@@H](CC(C)C)NC(=O)[C@@H](CO)NC(=O)[C@@H](Cc1ccc(O)cc1)NC(=O)[C@@H](Cc1ccc(O)cc1)NC(=O)[C@@H](CO)NC(=O)[C@@H](CO)NC(=O)[C@H](N)CCCN=C(N)N. The zero-order chi connectivity index (χ0) is 47.2. The number of aromatic hydroxyl groups is 2. The average molecular weight is 888 g/mol. The minimum Gasteiger partial charge on any atom is -0.508 e. The van der Waals surface area contributed by atoms with Crippen molar-refractivity contribution in [1.82, 2.24) is 37.2 Å². The van der Waals surface area contributed by atoms with Crippen molar-refractivity contribution < 1.29 is 59.1 Å². The molecule has 0 heterocycles. The van der Waals surface area contributed by atoms with Gasteiger partial charge in [0.1, 0.15) is 47.8 Å². The maximum Gasteiger partial charge on any atom is 0.245 e. The first-order valence-corrected chi connectivity index (χ1v) is 20.0. The molecule has 2 rings (SSSR count). The first kappa shape index (κ1) is 52.6. The molecule has 2 aromatic carbocycles. The van der Waals surface area contributed by atoms with E-state index in [1.807, 2.05) is 13.8 Å². The van der Waals surface area contributed by atoms with Crippen LogP contribution >= 0.6 is 0 Å². The maximum atomic E-state index is 14.1. The molecule has 0 spiro atoms. The number of phenols is 2. The molecule has 0 aromatic heterocycles. The Hall–Kier alpha value is -6.56. The Balaban J connectivity index is 2.36. The number of aliphatic imine (C=N–C) groups is 1. The second kappa shape index (κ2) is 26.7. The molecule has 7 atom stereocenters. The molecule has 0 unspecified atom stereocenters. The van der Waals surface area contributed by atoms with Crippen LogP contribution in [-0.2, 0) is 46.4 Å². The van der Waals surface area contributed by atoms with E-state index in [-0.39, 0.29) is 55.6 Å². The van der Waals surface area contributed by atoms with Gasteiger partial charge < -0.3 is 80.0 Å². The molecule has 23 heteroatoms. The van der Waals surface area contributed by atoms with Crippen molar-refractivity contribution >= 4 is 47.3 Å². The van der Waals surface area contributed by atoms with E-state index in [0.717, 1.165) is 0 Å². The summed E-state index contributed by atoms with van der Waals surface area (Å²) in [6.07, 6.45) is 0.155. The van der Waals surface area contributed by atoms with E-state index < -0.39 is 103 Å². The van der Waals surface area contributed by atoms with Gasteiger partial charge in [-0.25, -0.2) is 0 Å². The van der Waals surface area contributed by atoms with Crippen molar-refractivity contribution in [1.29, 1.82) is 0 Å². The Labute approximate surface area is 364 Å². The van der Waals surface area contributed by atoms with Gasteiger partial charge in [0.2, 0.25) is 41.4 Å². The molecule has 63 heavy (non-hydrogen) atoms. The van der Waals surface area contributed by atoms with Gasteiger partial charge in [-0.1, -0.05) is 38.1 Å². The highest BCUT2D eigenvalue weighted by atomic mass is 16.3. The van der Waals surface area contributed by atoms with Gasteiger partial charge >= 0.3 is 0 Å². The van der Waals surface area contributed by atoms with E-state index in [9.17, 15) is 59.1 Å². The highest BCUT2D eigenvalue weighted by Gasteiger charge is 2.34. The van der Waals surface area contributed by atoms with Crippen LogP contribution in [0.5, 0.6) is 11.5 Å². The van der Waals surface area contributed by atoms with E-state index in [1.54, 1.807) is 0 Å². The molecule has 0 bridgehead atoms. The fourth-order valence-corrected chi connectivity index (χ4v) is 5.90. The molecule has 348 valence electrons. The molecule has 0 fully saturated rings. The second-order valence-corrected chi connectivity index (χ2v) is 15.0. The average Bonchev–Trinajstić information content (AvgIpc) is 3.24. The molecule has 18 N–H and O–H groups in total. The first-order chi connectivity index (χ1) is 29.8. The number of aliphatic hydroxyl groups excluding tert-OH is 3. The third kappa shape index (κ3) is 18.5. The summed E-state index contributed by atoms with van der Waals surface area (Å²) in [6.45, 7) is 0.992. The minimum absolute atomic E-state index is 0.0202.